The molecule has 0 atom stereocenters. The summed E-state index contributed by atoms with van der Waals surface area (Å²) in [4.78, 5) is 12.8. The highest BCUT2D eigenvalue weighted by molar-refractivity contribution is 6.15. The fourth-order valence-corrected chi connectivity index (χ4v) is 2.53. The quantitative estimate of drug-likeness (QED) is 0.677. The van der Waals surface area contributed by atoms with E-state index in [1.54, 1.807) is 4.68 Å². The van der Waals surface area contributed by atoms with Gasteiger partial charge in [0.05, 0.1) is 5.69 Å². The highest BCUT2D eigenvalue weighted by Gasteiger charge is 2.17. The van der Waals surface area contributed by atoms with Gasteiger partial charge in [-0.3, -0.25) is 9.48 Å². The topological polar surface area (TPSA) is 34.9 Å². The molecule has 0 spiro atoms. The minimum atomic E-state index is 0.0317. The van der Waals surface area contributed by atoms with Crippen molar-refractivity contribution in [2.24, 2.45) is 0 Å². The van der Waals surface area contributed by atoms with Crippen molar-refractivity contribution < 1.29 is 4.79 Å². The summed E-state index contributed by atoms with van der Waals surface area (Å²) in [5.74, 6) is 0.0317. The van der Waals surface area contributed by atoms with Crippen LogP contribution in [0.25, 0.3) is 10.8 Å². The molecule has 0 fully saturated rings. The first-order valence-corrected chi connectivity index (χ1v) is 6.77. The Balaban J connectivity index is 2.17. The zero-order valence-corrected chi connectivity index (χ0v) is 11.6. The Morgan fingerprint density at radius 3 is 2.70 bits per heavy atom. The van der Waals surface area contributed by atoms with E-state index >= 15 is 0 Å². The van der Waals surface area contributed by atoms with Gasteiger partial charge in [0.1, 0.15) is 5.69 Å². The summed E-state index contributed by atoms with van der Waals surface area (Å²) in [7, 11) is 0. The van der Waals surface area contributed by atoms with Gasteiger partial charge in [0.25, 0.3) is 0 Å². The number of ketones is 1. The predicted octanol–water partition coefficient (Wildman–Crippen LogP) is 3.60. The van der Waals surface area contributed by atoms with Gasteiger partial charge in [0.15, 0.2) is 0 Å². The van der Waals surface area contributed by atoms with E-state index in [2.05, 4.69) is 5.10 Å². The van der Waals surface area contributed by atoms with Crippen molar-refractivity contribution >= 4 is 16.6 Å². The van der Waals surface area contributed by atoms with Crippen LogP contribution in [0, 0.1) is 6.92 Å². The number of hydrogen-bond acceptors (Lipinski definition) is 2. The molecule has 0 saturated heterocycles. The SMILES string of the molecule is CCn1nc(C)cc1C(=O)c1cccc2ccccc12. The van der Waals surface area contributed by atoms with Crippen LogP contribution in [0.15, 0.2) is 48.5 Å². The Bertz CT molecular complexity index is 781. The van der Waals surface area contributed by atoms with Gasteiger partial charge in [-0.25, -0.2) is 0 Å². The van der Waals surface area contributed by atoms with E-state index in [1.807, 2.05) is 62.4 Å². The van der Waals surface area contributed by atoms with Gasteiger partial charge in [0.2, 0.25) is 5.78 Å². The van der Waals surface area contributed by atoms with E-state index in [0.29, 0.717) is 12.2 Å². The Morgan fingerprint density at radius 1 is 1.15 bits per heavy atom. The molecule has 3 aromatic rings. The summed E-state index contributed by atoms with van der Waals surface area (Å²) in [6.45, 7) is 4.60. The normalized spacial score (nSPS) is 10.9. The molecule has 20 heavy (non-hydrogen) atoms. The highest BCUT2D eigenvalue weighted by Crippen LogP contribution is 2.21. The second-order valence-electron chi connectivity index (χ2n) is 4.84. The van der Waals surface area contributed by atoms with Crippen molar-refractivity contribution in [2.75, 3.05) is 0 Å². The van der Waals surface area contributed by atoms with Crippen LogP contribution in [0.2, 0.25) is 0 Å². The van der Waals surface area contributed by atoms with Crippen molar-refractivity contribution in [2.45, 2.75) is 20.4 Å². The van der Waals surface area contributed by atoms with Crippen LogP contribution in [-0.2, 0) is 6.54 Å². The van der Waals surface area contributed by atoms with Crippen molar-refractivity contribution in [3.05, 3.63) is 65.5 Å². The van der Waals surface area contributed by atoms with E-state index in [1.165, 1.54) is 0 Å². The Morgan fingerprint density at radius 2 is 1.90 bits per heavy atom. The standard InChI is InChI=1S/C17H16N2O/c1-3-19-16(11-12(2)18-19)17(20)15-10-6-8-13-7-4-5-9-14(13)15/h4-11H,3H2,1-2H3. The Kier molecular flexibility index (Phi) is 3.11. The molecule has 0 aliphatic carbocycles. The van der Waals surface area contributed by atoms with Crippen LogP contribution in [0.4, 0.5) is 0 Å². The summed E-state index contributed by atoms with van der Waals surface area (Å²) in [6.07, 6.45) is 0. The molecule has 1 aromatic heterocycles. The number of aromatic nitrogens is 2. The van der Waals surface area contributed by atoms with Crippen molar-refractivity contribution in [1.82, 2.24) is 9.78 Å². The summed E-state index contributed by atoms with van der Waals surface area (Å²) in [6, 6.07) is 15.6. The first-order valence-electron chi connectivity index (χ1n) is 6.77. The maximum Gasteiger partial charge on any atom is 0.211 e. The van der Waals surface area contributed by atoms with Crippen molar-refractivity contribution in [3.63, 3.8) is 0 Å². The van der Waals surface area contributed by atoms with Gasteiger partial charge in [-0.1, -0.05) is 42.5 Å². The van der Waals surface area contributed by atoms with Crippen LogP contribution in [0.5, 0.6) is 0 Å². The zero-order chi connectivity index (χ0) is 14.1. The molecule has 0 bridgehead atoms. The molecule has 0 saturated carbocycles. The maximum atomic E-state index is 12.8. The van der Waals surface area contributed by atoms with E-state index in [0.717, 1.165) is 22.0 Å². The third-order valence-corrected chi connectivity index (χ3v) is 3.47. The summed E-state index contributed by atoms with van der Waals surface area (Å²) in [5, 5.41) is 6.42. The van der Waals surface area contributed by atoms with E-state index < -0.39 is 0 Å². The van der Waals surface area contributed by atoms with E-state index in [4.69, 9.17) is 0 Å². The minimum absolute atomic E-state index is 0.0317. The van der Waals surface area contributed by atoms with Crippen LogP contribution in [-0.4, -0.2) is 15.6 Å². The molecule has 0 aliphatic rings. The number of nitrogens with zero attached hydrogens (tertiary/aromatic N) is 2. The molecule has 3 nitrogen and oxygen atoms in total. The second kappa shape index (κ2) is 4.93. The van der Waals surface area contributed by atoms with Gasteiger partial charge >= 0.3 is 0 Å². The van der Waals surface area contributed by atoms with Crippen LogP contribution in [0.1, 0.15) is 28.7 Å². The number of hydrogen-bond donors (Lipinski definition) is 0. The Labute approximate surface area is 117 Å². The lowest BCUT2D eigenvalue weighted by atomic mass is 10.00. The van der Waals surface area contributed by atoms with E-state index in [-0.39, 0.29) is 5.78 Å². The van der Waals surface area contributed by atoms with E-state index in [9.17, 15) is 4.79 Å². The highest BCUT2D eigenvalue weighted by atomic mass is 16.1. The Hall–Kier alpha value is -2.42. The van der Waals surface area contributed by atoms with Gasteiger partial charge < -0.3 is 0 Å². The number of rotatable bonds is 3. The monoisotopic (exact) mass is 264 g/mol. The van der Waals surface area contributed by atoms with Crippen LogP contribution >= 0.6 is 0 Å². The number of carbonyl (C=O) groups is 1. The van der Waals surface area contributed by atoms with Crippen molar-refractivity contribution in [1.29, 1.82) is 0 Å². The van der Waals surface area contributed by atoms with Crippen molar-refractivity contribution in [3.8, 4) is 0 Å². The fraction of sp³-hybridized carbons (Fsp3) is 0.176. The molecule has 0 aliphatic heterocycles. The van der Waals surface area contributed by atoms with Gasteiger partial charge in [-0.15, -0.1) is 0 Å². The molecule has 2 aromatic carbocycles. The number of aryl methyl sites for hydroxylation is 2. The molecule has 1 heterocycles. The number of benzene rings is 2. The predicted molar refractivity (Wildman–Crippen MR) is 80.0 cm³/mol. The molecule has 0 N–H and O–H groups in total. The third kappa shape index (κ3) is 2.01. The van der Waals surface area contributed by atoms with Gasteiger partial charge in [-0.2, -0.15) is 5.10 Å². The number of carbonyl (C=O) groups excluding carboxylic acids is 1. The first kappa shape index (κ1) is 12.6. The zero-order valence-electron chi connectivity index (χ0n) is 11.6. The van der Waals surface area contributed by atoms with Crippen LogP contribution < -0.4 is 0 Å². The summed E-state index contributed by atoms with van der Waals surface area (Å²) in [5.41, 5.74) is 2.26. The third-order valence-electron chi connectivity index (χ3n) is 3.47. The lowest BCUT2D eigenvalue weighted by Crippen LogP contribution is -2.10. The summed E-state index contributed by atoms with van der Waals surface area (Å²) >= 11 is 0. The first-order chi connectivity index (χ1) is 9.70. The van der Waals surface area contributed by atoms with Crippen LogP contribution in [0.3, 0.4) is 0 Å². The molecule has 100 valence electrons. The average Bonchev–Trinajstić information content (AvgIpc) is 2.87. The fourth-order valence-electron chi connectivity index (χ4n) is 2.53. The molecule has 3 heteroatoms. The molecular weight excluding hydrogens is 248 g/mol. The lowest BCUT2D eigenvalue weighted by Gasteiger charge is -2.07. The molecule has 3 rings (SSSR count). The van der Waals surface area contributed by atoms with Gasteiger partial charge in [0, 0.05) is 12.1 Å². The molecule has 0 radical (unpaired) electrons. The smallest absolute Gasteiger partial charge is 0.211 e. The maximum absolute atomic E-state index is 12.8. The lowest BCUT2D eigenvalue weighted by molar-refractivity contribution is 0.103. The summed E-state index contributed by atoms with van der Waals surface area (Å²) < 4.78 is 1.76. The molecular formula is C17H16N2O. The van der Waals surface area contributed by atoms with Gasteiger partial charge in [-0.05, 0) is 30.7 Å². The molecule has 0 unspecified atom stereocenters. The number of fused-ring (bicyclic) bond motifs is 1. The average molecular weight is 264 g/mol. The second-order valence-corrected chi connectivity index (χ2v) is 4.84. The minimum Gasteiger partial charge on any atom is -0.287 e. The largest absolute Gasteiger partial charge is 0.287 e. The molecule has 0 amide bonds.